The summed E-state index contributed by atoms with van der Waals surface area (Å²) in [5.41, 5.74) is 3.20. The highest BCUT2D eigenvalue weighted by Gasteiger charge is 2.22. The second-order valence-electron chi connectivity index (χ2n) is 6.65. The normalized spacial score (nSPS) is 14.9. The summed E-state index contributed by atoms with van der Waals surface area (Å²) in [6.07, 6.45) is 7.69. The van der Waals surface area contributed by atoms with Crippen LogP contribution in [0.25, 0.3) is 27.6 Å². The number of thiophene rings is 1. The summed E-state index contributed by atoms with van der Waals surface area (Å²) in [7, 11) is 0. The summed E-state index contributed by atoms with van der Waals surface area (Å²) in [6.45, 7) is 2.79. The van der Waals surface area contributed by atoms with E-state index in [1.807, 2.05) is 58.0 Å². The third kappa shape index (κ3) is 2.73. The first-order valence-electron chi connectivity index (χ1n) is 9.07. The summed E-state index contributed by atoms with van der Waals surface area (Å²) < 4.78 is 3.67. The minimum absolute atomic E-state index is 0.0781. The minimum atomic E-state index is 0.0781. The molecule has 5 rings (SSSR count). The summed E-state index contributed by atoms with van der Waals surface area (Å²) in [5, 5.41) is 5.20. The SMILES string of the molecule is CCc1cc2c(=O)n3c(nc2s1)/C(=C/c1cnn(-c2ccccc2)c1)CC3. The van der Waals surface area contributed by atoms with Crippen molar-refractivity contribution in [3.8, 4) is 5.69 Å². The van der Waals surface area contributed by atoms with Crippen LogP contribution in [0, 0.1) is 0 Å². The van der Waals surface area contributed by atoms with Gasteiger partial charge in [0.1, 0.15) is 10.7 Å². The Morgan fingerprint density at radius 2 is 2.11 bits per heavy atom. The molecular weight excluding hydrogens is 356 g/mol. The molecule has 0 bridgehead atoms. The third-order valence-electron chi connectivity index (χ3n) is 4.91. The number of nitrogens with zero attached hydrogens (tertiary/aromatic N) is 4. The number of benzene rings is 1. The van der Waals surface area contributed by atoms with E-state index < -0.39 is 0 Å². The van der Waals surface area contributed by atoms with E-state index in [2.05, 4.69) is 18.1 Å². The predicted octanol–water partition coefficient (Wildman–Crippen LogP) is 4.15. The van der Waals surface area contributed by atoms with Crippen LogP contribution in [0.2, 0.25) is 0 Å². The van der Waals surface area contributed by atoms with Gasteiger partial charge in [-0.1, -0.05) is 25.1 Å². The number of allylic oxidation sites excluding steroid dienone is 1. The third-order valence-corrected chi connectivity index (χ3v) is 6.08. The molecule has 0 spiro atoms. The van der Waals surface area contributed by atoms with Crippen LogP contribution in [0.3, 0.4) is 0 Å². The van der Waals surface area contributed by atoms with Crippen LogP contribution >= 0.6 is 11.3 Å². The molecule has 0 saturated heterocycles. The van der Waals surface area contributed by atoms with Crippen molar-refractivity contribution in [2.45, 2.75) is 26.3 Å². The van der Waals surface area contributed by atoms with E-state index in [0.717, 1.165) is 45.7 Å². The predicted molar refractivity (Wildman–Crippen MR) is 109 cm³/mol. The van der Waals surface area contributed by atoms with Gasteiger partial charge in [-0.3, -0.25) is 9.36 Å². The molecule has 0 saturated carbocycles. The molecule has 0 amide bonds. The largest absolute Gasteiger partial charge is 0.292 e. The number of para-hydroxylation sites is 1. The molecule has 4 heterocycles. The Kier molecular flexibility index (Phi) is 3.79. The van der Waals surface area contributed by atoms with E-state index in [-0.39, 0.29) is 5.56 Å². The van der Waals surface area contributed by atoms with Crippen molar-refractivity contribution >= 4 is 33.2 Å². The van der Waals surface area contributed by atoms with Crippen molar-refractivity contribution in [1.29, 1.82) is 0 Å². The lowest BCUT2D eigenvalue weighted by Gasteiger charge is -2.02. The molecule has 0 unspecified atom stereocenters. The molecule has 0 radical (unpaired) electrons. The molecule has 0 N–H and O–H groups in total. The van der Waals surface area contributed by atoms with Crippen molar-refractivity contribution < 1.29 is 0 Å². The maximum atomic E-state index is 12.8. The van der Waals surface area contributed by atoms with Gasteiger partial charge in [0.05, 0.1) is 17.3 Å². The molecular formula is C21H18N4OS. The molecule has 6 heteroatoms. The molecule has 1 aliphatic heterocycles. The molecule has 0 fully saturated rings. The van der Waals surface area contributed by atoms with E-state index in [1.54, 1.807) is 11.3 Å². The molecule has 1 aromatic carbocycles. The van der Waals surface area contributed by atoms with Crippen molar-refractivity contribution in [3.63, 3.8) is 0 Å². The van der Waals surface area contributed by atoms with Gasteiger partial charge in [-0.2, -0.15) is 5.10 Å². The summed E-state index contributed by atoms with van der Waals surface area (Å²) >= 11 is 1.62. The quantitative estimate of drug-likeness (QED) is 0.541. The number of aryl methyl sites for hydroxylation is 1. The lowest BCUT2D eigenvalue weighted by Crippen LogP contribution is -2.19. The fraction of sp³-hybridized carbons (Fsp3) is 0.190. The van der Waals surface area contributed by atoms with Crippen molar-refractivity contribution in [2.24, 2.45) is 0 Å². The van der Waals surface area contributed by atoms with Gasteiger partial charge in [-0.15, -0.1) is 11.3 Å². The van der Waals surface area contributed by atoms with Gasteiger partial charge in [0.2, 0.25) is 0 Å². The average molecular weight is 374 g/mol. The van der Waals surface area contributed by atoms with Crippen molar-refractivity contribution in [2.75, 3.05) is 0 Å². The van der Waals surface area contributed by atoms with Crippen molar-refractivity contribution in [1.82, 2.24) is 19.3 Å². The van der Waals surface area contributed by atoms with Crippen LogP contribution in [0.15, 0.2) is 53.6 Å². The second kappa shape index (κ2) is 6.32. The molecule has 27 heavy (non-hydrogen) atoms. The zero-order valence-corrected chi connectivity index (χ0v) is 15.7. The van der Waals surface area contributed by atoms with Crippen LogP contribution in [0.1, 0.15) is 29.6 Å². The fourth-order valence-electron chi connectivity index (χ4n) is 3.51. The Bertz CT molecular complexity index is 1230. The Labute approximate surface area is 160 Å². The minimum Gasteiger partial charge on any atom is -0.292 e. The summed E-state index contributed by atoms with van der Waals surface area (Å²) in [6, 6.07) is 12.0. The highest BCUT2D eigenvalue weighted by Crippen LogP contribution is 2.30. The zero-order chi connectivity index (χ0) is 18.4. The Morgan fingerprint density at radius 3 is 2.93 bits per heavy atom. The van der Waals surface area contributed by atoms with Crippen LogP contribution in [0.4, 0.5) is 0 Å². The van der Waals surface area contributed by atoms with E-state index >= 15 is 0 Å². The molecule has 5 nitrogen and oxygen atoms in total. The van der Waals surface area contributed by atoms with Crippen LogP contribution in [-0.2, 0) is 13.0 Å². The molecule has 134 valence electrons. The van der Waals surface area contributed by atoms with E-state index in [0.29, 0.717) is 6.54 Å². The van der Waals surface area contributed by atoms with Gasteiger partial charge in [-0.25, -0.2) is 9.67 Å². The number of hydrogen-bond donors (Lipinski definition) is 0. The van der Waals surface area contributed by atoms with Crippen LogP contribution in [0.5, 0.6) is 0 Å². The van der Waals surface area contributed by atoms with E-state index in [1.165, 1.54) is 4.88 Å². The number of rotatable bonds is 3. The van der Waals surface area contributed by atoms with Crippen LogP contribution < -0.4 is 5.56 Å². The van der Waals surface area contributed by atoms with Gasteiger partial charge < -0.3 is 0 Å². The first kappa shape index (κ1) is 16.2. The van der Waals surface area contributed by atoms with E-state index in [9.17, 15) is 4.79 Å². The molecule has 4 aromatic rings. The first-order valence-corrected chi connectivity index (χ1v) is 9.89. The van der Waals surface area contributed by atoms with Gasteiger partial charge in [0, 0.05) is 23.2 Å². The first-order chi connectivity index (χ1) is 13.2. The lowest BCUT2D eigenvalue weighted by molar-refractivity contribution is 0.726. The van der Waals surface area contributed by atoms with Crippen LogP contribution in [-0.4, -0.2) is 19.3 Å². The zero-order valence-electron chi connectivity index (χ0n) is 14.9. The number of fused-ring (bicyclic) bond motifs is 2. The van der Waals surface area contributed by atoms with Gasteiger partial charge in [-0.05, 0) is 42.7 Å². The highest BCUT2D eigenvalue weighted by atomic mass is 32.1. The molecule has 0 aliphatic carbocycles. The standard InChI is InChI=1S/C21H18N4OS/c1-2-17-11-18-20(27-17)23-19-15(8-9-24(19)21(18)26)10-14-12-22-25(13-14)16-6-4-3-5-7-16/h3-7,10-13H,2,8-9H2,1H3/b15-10+. The number of hydrogen-bond acceptors (Lipinski definition) is 4. The summed E-state index contributed by atoms with van der Waals surface area (Å²) in [4.78, 5) is 19.7. The fourth-order valence-corrected chi connectivity index (χ4v) is 4.47. The molecule has 0 atom stereocenters. The smallest absolute Gasteiger partial charge is 0.262 e. The maximum Gasteiger partial charge on any atom is 0.262 e. The highest BCUT2D eigenvalue weighted by molar-refractivity contribution is 7.18. The topological polar surface area (TPSA) is 52.7 Å². The Hall–Kier alpha value is -2.99. The molecule has 3 aromatic heterocycles. The van der Waals surface area contributed by atoms with Gasteiger partial charge >= 0.3 is 0 Å². The average Bonchev–Trinajstić information content (AvgIpc) is 3.42. The van der Waals surface area contributed by atoms with Gasteiger partial charge in [0.15, 0.2) is 0 Å². The number of aromatic nitrogens is 4. The lowest BCUT2D eigenvalue weighted by atomic mass is 10.1. The van der Waals surface area contributed by atoms with Gasteiger partial charge in [0.25, 0.3) is 5.56 Å². The Morgan fingerprint density at radius 1 is 1.26 bits per heavy atom. The van der Waals surface area contributed by atoms with E-state index in [4.69, 9.17) is 4.98 Å². The monoisotopic (exact) mass is 374 g/mol. The second-order valence-corrected chi connectivity index (χ2v) is 7.77. The maximum absolute atomic E-state index is 12.8. The Balaban J connectivity index is 1.56. The van der Waals surface area contributed by atoms with Crippen molar-refractivity contribution in [3.05, 3.63) is 75.4 Å². The molecule has 1 aliphatic rings. The summed E-state index contributed by atoms with van der Waals surface area (Å²) in [5.74, 6) is 0.796.